The molecule has 40 heavy (non-hydrogen) atoms. The van der Waals surface area contributed by atoms with E-state index < -0.39 is 12.0 Å². The summed E-state index contributed by atoms with van der Waals surface area (Å²) in [5.74, 6) is 0.236. The zero-order valence-corrected chi connectivity index (χ0v) is 22.8. The molecule has 1 atom stereocenters. The predicted molar refractivity (Wildman–Crippen MR) is 153 cm³/mol. The van der Waals surface area contributed by atoms with Crippen molar-refractivity contribution in [2.45, 2.75) is 24.9 Å². The number of hydrogen-bond donors (Lipinski definition) is 3. The van der Waals surface area contributed by atoms with E-state index in [4.69, 9.17) is 38.4 Å². The zero-order valence-electron chi connectivity index (χ0n) is 21.3. The molecule has 10 heteroatoms. The number of nitrogens with one attached hydrogen (secondary N) is 2. The summed E-state index contributed by atoms with van der Waals surface area (Å²) in [5.41, 5.74) is 8.75. The fourth-order valence-corrected chi connectivity index (χ4v) is 4.68. The molecule has 0 spiro atoms. The van der Waals surface area contributed by atoms with Crippen LogP contribution < -0.4 is 25.8 Å². The van der Waals surface area contributed by atoms with E-state index in [2.05, 4.69) is 15.6 Å². The molecule has 0 fully saturated rings. The number of pyridine rings is 1. The highest BCUT2D eigenvalue weighted by Gasteiger charge is 2.28. The fraction of sp³-hybridized carbons (Fsp3) is 0.167. The van der Waals surface area contributed by atoms with E-state index in [0.29, 0.717) is 27.4 Å². The van der Waals surface area contributed by atoms with Gasteiger partial charge in [0.15, 0.2) is 11.5 Å². The number of hydrogen-bond acceptors (Lipinski definition) is 6. The Hall–Kier alpha value is -4.27. The van der Waals surface area contributed by atoms with Crippen LogP contribution >= 0.6 is 23.2 Å². The Morgan fingerprint density at radius 2 is 1.45 bits per heavy atom. The number of nitrogens with two attached hydrogens (primary N) is 1. The molecular formula is C30H26Cl2N4O4. The number of anilines is 1. The van der Waals surface area contributed by atoms with E-state index in [1.165, 1.54) is 0 Å². The van der Waals surface area contributed by atoms with E-state index in [9.17, 15) is 9.59 Å². The van der Waals surface area contributed by atoms with Crippen LogP contribution in [0.5, 0.6) is 11.5 Å². The van der Waals surface area contributed by atoms with Gasteiger partial charge in [-0.1, -0.05) is 59.6 Å². The van der Waals surface area contributed by atoms with E-state index in [1.54, 1.807) is 72.9 Å². The second-order valence-corrected chi connectivity index (χ2v) is 10.2. The van der Waals surface area contributed by atoms with Crippen molar-refractivity contribution in [2.24, 2.45) is 0 Å². The van der Waals surface area contributed by atoms with Crippen LogP contribution in [0.1, 0.15) is 28.2 Å². The lowest BCUT2D eigenvalue weighted by Gasteiger charge is -2.23. The normalized spacial score (nSPS) is 12.7. The molecule has 4 N–H and O–H groups in total. The second kappa shape index (κ2) is 12.3. The summed E-state index contributed by atoms with van der Waals surface area (Å²) >= 11 is 12.2. The molecule has 5 rings (SSSR count). The van der Waals surface area contributed by atoms with Crippen LogP contribution in [0.3, 0.4) is 0 Å². The number of benzene rings is 3. The summed E-state index contributed by atoms with van der Waals surface area (Å²) in [6.07, 6.45) is 1.80. The van der Waals surface area contributed by atoms with E-state index >= 15 is 0 Å². The fourth-order valence-electron chi connectivity index (χ4n) is 4.43. The van der Waals surface area contributed by atoms with Gasteiger partial charge in [-0.2, -0.15) is 0 Å². The third kappa shape index (κ3) is 6.65. The predicted octanol–water partition coefficient (Wildman–Crippen LogP) is 4.88. The van der Waals surface area contributed by atoms with Crippen LogP contribution in [0.2, 0.25) is 10.0 Å². The van der Waals surface area contributed by atoms with Gasteiger partial charge in [-0.05, 0) is 64.7 Å². The van der Waals surface area contributed by atoms with Crippen molar-refractivity contribution in [3.63, 3.8) is 0 Å². The molecule has 0 saturated heterocycles. The summed E-state index contributed by atoms with van der Waals surface area (Å²) in [4.78, 5) is 31.5. The first-order valence-electron chi connectivity index (χ1n) is 12.5. The Morgan fingerprint density at radius 1 is 0.825 bits per heavy atom. The minimum Gasteiger partial charge on any atom is -0.454 e. The molecule has 2 amide bonds. The van der Waals surface area contributed by atoms with Crippen molar-refractivity contribution >= 4 is 40.8 Å². The molecule has 204 valence electrons. The number of aromatic nitrogens is 1. The van der Waals surface area contributed by atoms with Crippen LogP contribution in [0, 0.1) is 0 Å². The summed E-state index contributed by atoms with van der Waals surface area (Å²) < 4.78 is 10.8. The highest BCUT2D eigenvalue weighted by atomic mass is 35.5. The van der Waals surface area contributed by atoms with Crippen LogP contribution in [0.4, 0.5) is 5.82 Å². The highest BCUT2D eigenvalue weighted by Crippen LogP contribution is 2.32. The minimum atomic E-state index is -0.894. The van der Waals surface area contributed by atoms with E-state index in [0.717, 1.165) is 22.3 Å². The smallest absolute Gasteiger partial charge is 0.243 e. The number of carbonyl (C=O) groups excluding carboxylic acids is 2. The number of carbonyl (C=O) groups is 2. The van der Waals surface area contributed by atoms with Gasteiger partial charge in [0.1, 0.15) is 11.9 Å². The Morgan fingerprint density at radius 3 is 2.08 bits per heavy atom. The number of rotatable bonds is 9. The molecule has 1 aliphatic heterocycles. The molecule has 0 aliphatic carbocycles. The van der Waals surface area contributed by atoms with Crippen LogP contribution in [0.15, 0.2) is 85.1 Å². The maximum atomic E-state index is 13.9. The molecular weight excluding hydrogens is 551 g/mol. The Bertz CT molecular complexity index is 1450. The van der Waals surface area contributed by atoms with Gasteiger partial charge in [-0.15, -0.1) is 0 Å². The van der Waals surface area contributed by atoms with Gasteiger partial charge < -0.3 is 25.8 Å². The van der Waals surface area contributed by atoms with Gasteiger partial charge in [0.25, 0.3) is 0 Å². The number of nitrogen functional groups attached to an aromatic ring is 1. The first-order chi connectivity index (χ1) is 19.4. The van der Waals surface area contributed by atoms with Gasteiger partial charge in [0.05, 0.1) is 5.92 Å². The first-order valence-corrected chi connectivity index (χ1v) is 13.3. The van der Waals surface area contributed by atoms with Gasteiger partial charge in [-0.3, -0.25) is 9.59 Å². The second-order valence-electron chi connectivity index (χ2n) is 9.30. The third-order valence-corrected chi connectivity index (χ3v) is 7.00. The number of amides is 2. The lowest BCUT2D eigenvalue weighted by atomic mass is 9.90. The quantitative estimate of drug-likeness (QED) is 0.261. The molecule has 0 radical (unpaired) electrons. The average Bonchev–Trinajstić information content (AvgIpc) is 3.43. The first kappa shape index (κ1) is 27.3. The van der Waals surface area contributed by atoms with Crippen molar-refractivity contribution in [1.29, 1.82) is 0 Å². The molecule has 0 bridgehead atoms. The van der Waals surface area contributed by atoms with Gasteiger partial charge >= 0.3 is 0 Å². The van der Waals surface area contributed by atoms with Crippen LogP contribution in [0.25, 0.3) is 0 Å². The molecule has 1 aromatic heterocycles. The summed E-state index contributed by atoms with van der Waals surface area (Å²) in [6, 6.07) is 22.1. The summed E-state index contributed by atoms with van der Waals surface area (Å²) in [5, 5.41) is 7.00. The topological polar surface area (TPSA) is 116 Å². The Balaban J connectivity index is 1.39. The lowest BCUT2D eigenvalue weighted by Crippen LogP contribution is -2.49. The van der Waals surface area contributed by atoms with Crippen molar-refractivity contribution in [3.8, 4) is 11.5 Å². The van der Waals surface area contributed by atoms with Crippen LogP contribution in [-0.4, -0.2) is 29.6 Å². The van der Waals surface area contributed by atoms with Gasteiger partial charge in [0, 0.05) is 29.2 Å². The molecule has 4 aromatic rings. The molecule has 2 heterocycles. The molecule has 0 saturated carbocycles. The Labute approximate surface area is 241 Å². The molecule has 1 aliphatic rings. The molecule has 3 aromatic carbocycles. The maximum absolute atomic E-state index is 13.9. The zero-order chi connectivity index (χ0) is 28.1. The van der Waals surface area contributed by atoms with Crippen molar-refractivity contribution in [1.82, 2.24) is 15.6 Å². The minimum absolute atomic E-state index is 0.164. The maximum Gasteiger partial charge on any atom is 0.243 e. The SMILES string of the molecule is Nc1ccc(CC(NC(=O)C(c2ccc(Cl)cc2)c2ccc(Cl)cc2)C(=O)NCc2ccc3c(c2)OCO3)cn1. The molecule has 8 nitrogen and oxygen atoms in total. The van der Waals surface area contributed by atoms with Crippen molar-refractivity contribution < 1.29 is 19.1 Å². The number of fused-ring (bicyclic) bond motifs is 1. The lowest BCUT2D eigenvalue weighted by molar-refractivity contribution is -0.129. The highest BCUT2D eigenvalue weighted by molar-refractivity contribution is 6.30. The average molecular weight is 577 g/mol. The largest absolute Gasteiger partial charge is 0.454 e. The molecule has 1 unspecified atom stereocenters. The summed E-state index contributed by atoms with van der Waals surface area (Å²) in [7, 11) is 0. The van der Waals surface area contributed by atoms with Gasteiger partial charge in [-0.25, -0.2) is 4.98 Å². The number of halogens is 2. The number of ether oxygens (including phenoxy) is 2. The number of nitrogens with zero attached hydrogens (tertiary/aromatic N) is 1. The standard InChI is InChI=1S/C30H26Cl2N4O4/c31-22-7-3-20(4-8-22)28(21-5-9-23(32)10-6-21)30(38)36-24(13-18-2-12-27(33)34-15-18)29(37)35-16-19-1-11-25-26(14-19)40-17-39-25/h1-12,14-15,24,28H,13,16-17H2,(H2,33,34)(H,35,37)(H,36,38). The van der Waals surface area contributed by atoms with Gasteiger partial charge in [0.2, 0.25) is 18.6 Å². The Kier molecular flexibility index (Phi) is 8.38. The van der Waals surface area contributed by atoms with Crippen molar-refractivity contribution in [2.75, 3.05) is 12.5 Å². The van der Waals surface area contributed by atoms with Crippen molar-refractivity contribution in [3.05, 3.63) is 117 Å². The van der Waals surface area contributed by atoms with Crippen LogP contribution in [-0.2, 0) is 22.6 Å². The summed E-state index contributed by atoms with van der Waals surface area (Å²) in [6.45, 7) is 0.400. The van der Waals surface area contributed by atoms with E-state index in [1.807, 2.05) is 12.1 Å². The van der Waals surface area contributed by atoms with E-state index in [-0.39, 0.29) is 31.6 Å². The monoisotopic (exact) mass is 576 g/mol. The third-order valence-electron chi connectivity index (χ3n) is 6.49.